The van der Waals surface area contributed by atoms with E-state index in [1.165, 1.54) is 11.6 Å². The fourth-order valence-corrected chi connectivity index (χ4v) is 3.92. The molecule has 0 aliphatic carbocycles. The average Bonchev–Trinajstić information content (AvgIpc) is 2.84. The zero-order chi connectivity index (χ0) is 25.2. The van der Waals surface area contributed by atoms with Crippen LogP contribution in [0.1, 0.15) is 28.8 Å². The molecule has 0 aromatic heterocycles. The molecular weight excluding hydrogens is 557 g/mol. The van der Waals surface area contributed by atoms with Crippen LogP contribution in [0.2, 0.25) is 10.0 Å². The first-order valence-electron chi connectivity index (χ1n) is 10.6. The summed E-state index contributed by atoms with van der Waals surface area (Å²) in [6.45, 7) is 0.488. The number of benzene rings is 3. The second-order valence-corrected chi connectivity index (χ2v) is 9.10. The van der Waals surface area contributed by atoms with Crippen LogP contribution in [0.25, 0.3) is 0 Å². The van der Waals surface area contributed by atoms with E-state index in [9.17, 15) is 14.4 Å². The van der Waals surface area contributed by atoms with Crippen LogP contribution in [0.3, 0.4) is 0 Å². The van der Waals surface area contributed by atoms with Crippen LogP contribution in [0.4, 0.5) is 5.69 Å². The summed E-state index contributed by atoms with van der Waals surface area (Å²) in [6.07, 6.45) is 0.530. The summed E-state index contributed by atoms with van der Waals surface area (Å²) in [5.41, 5.74) is 6.51. The Morgan fingerprint density at radius 1 is 0.857 bits per heavy atom. The van der Waals surface area contributed by atoms with E-state index in [2.05, 4.69) is 32.1 Å². The number of hydrogen-bond acceptors (Lipinski definition) is 4. The first-order valence-corrected chi connectivity index (χ1v) is 12.2. The van der Waals surface area contributed by atoms with Gasteiger partial charge in [0, 0.05) is 29.8 Å². The SMILES string of the molecule is O=C(CCC(=O)Nc1ccc(Cl)cc1Cl)NNC(=O)c1ccc(OCCc2ccccc2)c(Br)c1. The Morgan fingerprint density at radius 2 is 1.60 bits per heavy atom. The molecule has 0 radical (unpaired) electrons. The molecule has 3 rings (SSSR count). The van der Waals surface area contributed by atoms with Gasteiger partial charge in [-0.05, 0) is 57.9 Å². The van der Waals surface area contributed by atoms with Gasteiger partial charge in [-0.15, -0.1) is 0 Å². The molecule has 3 aromatic rings. The highest BCUT2D eigenvalue weighted by Crippen LogP contribution is 2.27. The summed E-state index contributed by atoms with van der Waals surface area (Å²) in [7, 11) is 0. The number of hydrogen-bond donors (Lipinski definition) is 3. The van der Waals surface area contributed by atoms with Crippen molar-refractivity contribution in [3.8, 4) is 5.75 Å². The van der Waals surface area contributed by atoms with E-state index in [1.807, 2.05) is 30.3 Å². The summed E-state index contributed by atoms with van der Waals surface area (Å²) in [6, 6.07) is 19.5. The summed E-state index contributed by atoms with van der Waals surface area (Å²) < 4.78 is 6.40. The lowest BCUT2D eigenvalue weighted by molar-refractivity contribution is -0.124. The fourth-order valence-electron chi connectivity index (χ4n) is 2.97. The third kappa shape index (κ3) is 8.58. The molecule has 0 aliphatic heterocycles. The molecule has 0 atom stereocenters. The second kappa shape index (κ2) is 13.1. The molecule has 0 saturated heterocycles. The van der Waals surface area contributed by atoms with E-state index in [0.717, 1.165) is 6.42 Å². The number of ether oxygens (including phenoxy) is 1. The maximum atomic E-state index is 12.4. The van der Waals surface area contributed by atoms with Gasteiger partial charge >= 0.3 is 0 Å². The van der Waals surface area contributed by atoms with Gasteiger partial charge in [0.25, 0.3) is 5.91 Å². The third-order valence-corrected chi connectivity index (χ3v) is 5.95. The van der Waals surface area contributed by atoms with E-state index in [4.69, 9.17) is 27.9 Å². The van der Waals surface area contributed by atoms with Gasteiger partial charge in [-0.3, -0.25) is 25.2 Å². The second-order valence-electron chi connectivity index (χ2n) is 7.40. The Bertz CT molecular complexity index is 1210. The molecule has 182 valence electrons. The minimum atomic E-state index is -0.518. The molecule has 7 nitrogen and oxygen atoms in total. The van der Waals surface area contributed by atoms with E-state index in [-0.39, 0.29) is 12.8 Å². The van der Waals surface area contributed by atoms with Gasteiger partial charge in [0.1, 0.15) is 5.75 Å². The molecule has 3 amide bonds. The maximum Gasteiger partial charge on any atom is 0.269 e. The number of nitrogens with one attached hydrogen (secondary N) is 3. The van der Waals surface area contributed by atoms with Crippen molar-refractivity contribution in [3.05, 3.63) is 92.4 Å². The van der Waals surface area contributed by atoms with Gasteiger partial charge in [0.15, 0.2) is 0 Å². The number of anilines is 1. The molecule has 35 heavy (non-hydrogen) atoms. The largest absolute Gasteiger partial charge is 0.492 e. The molecule has 0 aliphatic rings. The predicted octanol–water partition coefficient (Wildman–Crippen LogP) is 5.56. The Labute approximate surface area is 221 Å². The van der Waals surface area contributed by atoms with Crippen molar-refractivity contribution in [2.45, 2.75) is 19.3 Å². The number of carbonyl (C=O) groups excluding carboxylic acids is 3. The number of carbonyl (C=O) groups is 3. The van der Waals surface area contributed by atoms with Gasteiger partial charge < -0.3 is 10.1 Å². The topological polar surface area (TPSA) is 96.5 Å². The van der Waals surface area contributed by atoms with Crippen molar-refractivity contribution in [2.24, 2.45) is 0 Å². The smallest absolute Gasteiger partial charge is 0.269 e. The first kappa shape index (κ1) is 26.5. The Hall–Kier alpha value is -3.07. The molecule has 3 aromatic carbocycles. The van der Waals surface area contributed by atoms with Crippen LogP contribution in [-0.2, 0) is 16.0 Å². The van der Waals surface area contributed by atoms with Gasteiger partial charge in [0.2, 0.25) is 11.8 Å². The highest BCUT2D eigenvalue weighted by atomic mass is 79.9. The van der Waals surface area contributed by atoms with Gasteiger partial charge in [0.05, 0.1) is 21.8 Å². The third-order valence-electron chi connectivity index (χ3n) is 4.78. The van der Waals surface area contributed by atoms with Crippen molar-refractivity contribution in [1.82, 2.24) is 10.9 Å². The summed E-state index contributed by atoms with van der Waals surface area (Å²) in [5, 5.41) is 3.34. The van der Waals surface area contributed by atoms with Gasteiger partial charge in [-0.25, -0.2) is 0 Å². The van der Waals surface area contributed by atoms with E-state index < -0.39 is 17.7 Å². The number of rotatable bonds is 9. The van der Waals surface area contributed by atoms with E-state index in [1.54, 1.807) is 30.3 Å². The zero-order valence-electron chi connectivity index (χ0n) is 18.4. The highest BCUT2D eigenvalue weighted by Gasteiger charge is 2.13. The average molecular weight is 579 g/mol. The molecule has 10 heteroatoms. The Kier molecular flexibility index (Phi) is 9.96. The number of amides is 3. The van der Waals surface area contributed by atoms with Crippen LogP contribution in [-0.4, -0.2) is 24.3 Å². The maximum absolute atomic E-state index is 12.4. The zero-order valence-corrected chi connectivity index (χ0v) is 21.5. The van der Waals surface area contributed by atoms with E-state index in [0.29, 0.717) is 38.1 Å². The lowest BCUT2D eigenvalue weighted by atomic mass is 10.2. The summed E-state index contributed by atoms with van der Waals surface area (Å²) >= 11 is 15.2. The quantitative estimate of drug-likeness (QED) is 0.290. The number of halogens is 3. The highest BCUT2D eigenvalue weighted by molar-refractivity contribution is 9.10. The van der Waals surface area contributed by atoms with Crippen LogP contribution >= 0.6 is 39.1 Å². The monoisotopic (exact) mass is 577 g/mol. The molecule has 0 fully saturated rings. The summed E-state index contributed by atoms with van der Waals surface area (Å²) in [4.78, 5) is 36.4. The van der Waals surface area contributed by atoms with Crippen LogP contribution in [0, 0.1) is 0 Å². The van der Waals surface area contributed by atoms with Crippen LogP contribution < -0.4 is 20.9 Å². The molecule has 0 unspecified atom stereocenters. The minimum Gasteiger partial charge on any atom is -0.492 e. The lowest BCUT2D eigenvalue weighted by Gasteiger charge is -2.11. The van der Waals surface area contributed by atoms with Crippen LogP contribution in [0.15, 0.2) is 71.2 Å². The predicted molar refractivity (Wildman–Crippen MR) is 140 cm³/mol. The Balaban J connectivity index is 1.40. The Morgan fingerprint density at radius 3 is 2.31 bits per heavy atom. The van der Waals surface area contributed by atoms with Gasteiger partial charge in [-0.1, -0.05) is 53.5 Å². The van der Waals surface area contributed by atoms with Crippen molar-refractivity contribution in [2.75, 3.05) is 11.9 Å². The van der Waals surface area contributed by atoms with Crippen molar-refractivity contribution in [3.63, 3.8) is 0 Å². The minimum absolute atomic E-state index is 0.0960. The van der Waals surface area contributed by atoms with E-state index >= 15 is 0 Å². The lowest BCUT2D eigenvalue weighted by Crippen LogP contribution is -2.41. The van der Waals surface area contributed by atoms with Crippen molar-refractivity contribution < 1.29 is 19.1 Å². The normalized spacial score (nSPS) is 10.4. The fraction of sp³-hybridized carbons (Fsp3) is 0.160. The van der Waals surface area contributed by atoms with Crippen molar-refractivity contribution >= 4 is 62.5 Å². The molecular formula is C25H22BrCl2N3O4. The van der Waals surface area contributed by atoms with Gasteiger partial charge in [-0.2, -0.15) is 0 Å². The standard InChI is InChI=1S/C25H22BrCl2N3O4/c26-19-14-17(6-9-22(19)35-13-12-16-4-2-1-3-5-16)25(34)31-30-24(33)11-10-23(32)29-21-8-7-18(27)15-20(21)28/h1-9,14-15H,10-13H2,(H,29,32)(H,30,33)(H,31,34). The molecule has 0 bridgehead atoms. The number of hydrazine groups is 1. The molecule has 3 N–H and O–H groups in total. The molecule has 0 saturated carbocycles. The first-order chi connectivity index (χ1) is 16.8. The summed E-state index contributed by atoms with van der Waals surface area (Å²) in [5.74, 6) is -0.821. The molecule has 0 spiro atoms. The van der Waals surface area contributed by atoms with Crippen molar-refractivity contribution in [1.29, 1.82) is 0 Å². The molecule has 0 heterocycles. The van der Waals surface area contributed by atoms with Crippen LogP contribution in [0.5, 0.6) is 5.75 Å².